The lowest BCUT2D eigenvalue weighted by atomic mass is 10.3. The van der Waals surface area contributed by atoms with Crippen LogP contribution in [0.1, 0.15) is 6.42 Å². The summed E-state index contributed by atoms with van der Waals surface area (Å²) >= 11 is 0. The van der Waals surface area contributed by atoms with Gasteiger partial charge >= 0.3 is 6.03 Å². The van der Waals surface area contributed by atoms with Gasteiger partial charge in [0.1, 0.15) is 0 Å². The quantitative estimate of drug-likeness (QED) is 0.577. The van der Waals surface area contributed by atoms with Crippen LogP contribution in [0.5, 0.6) is 0 Å². The first-order chi connectivity index (χ1) is 7.65. The Morgan fingerprint density at radius 1 is 1.62 bits per heavy atom. The normalized spacial score (nSPS) is 15.7. The van der Waals surface area contributed by atoms with E-state index in [1.165, 1.54) is 4.90 Å². The highest BCUT2D eigenvalue weighted by molar-refractivity contribution is 5.96. The molecule has 0 unspecified atom stereocenters. The molecule has 0 aliphatic carbocycles. The lowest BCUT2D eigenvalue weighted by molar-refractivity contribution is -0.128. The number of nitrogens with one attached hydrogen (secondary N) is 2. The zero-order valence-electron chi connectivity index (χ0n) is 9.95. The molecule has 16 heavy (non-hydrogen) atoms. The van der Waals surface area contributed by atoms with Crippen molar-refractivity contribution in [3.05, 3.63) is 0 Å². The summed E-state index contributed by atoms with van der Waals surface area (Å²) in [6.45, 7) is 3.14. The summed E-state index contributed by atoms with van der Waals surface area (Å²) in [5, 5.41) is 5.67. The van der Waals surface area contributed by atoms with Crippen LogP contribution in [-0.4, -0.2) is 68.6 Å². The van der Waals surface area contributed by atoms with E-state index in [1.807, 2.05) is 19.0 Å². The second kappa shape index (κ2) is 6.44. The number of nitrogens with zero attached hydrogens (tertiary/aromatic N) is 2. The molecule has 0 saturated carbocycles. The number of hydrogen-bond donors (Lipinski definition) is 2. The minimum atomic E-state index is -0.270. The van der Waals surface area contributed by atoms with Crippen LogP contribution >= 0.6 is 0 Å². The molecule has 0 spiro atoms. The highest BCUT2D eigenvalue weighted by atomic mass is 16.2. The maximum absolute atomic E-state index is 11.7. The standard InChI is InChI=1S/C10H20N4O2/c1-11-4-3-6-13(2)8-9(15)14-7-5-12-10(14)16/h11H,3-8H2,1-2H3,(H,12,16). The molecule has 0 aromatic heterocycles. The van der Waals surface area contributed by atoms with E-state index in [2.05, 4.69) is 10.6 Å². The summed E-state index contributed by atoms with van der Waals surface area (Å²) in [7, 11) is 3.79. The van der Waals surface area contributed by atoms with Gasteiger partial charge in [-0.2, -0.15) is 0 Å². The summed E-state index contributed by atoms with van der Waals surface area (Å²) in [4.78, 5) is 26.1. The second-order valence-corrected chi connectivity index (χ2v) is 3.97. The average molecular weight is 228 g/mol. The fraction of sp³-hybridized carbons (Fsp3) is 0.800. The molecule has 0 aromatic rings. The largest absolute Gasteiger partial charge is 0.336 e. The van der Waals surface area contributed by atoms with Crippen molar-refractivity contribution in [2.45, 2.75) is 6.42 Å². The summed E-state index contributed by atoms with van der Waals surface area (Å²) in [5.41, 5.74) is 0. The van der Waals surface area contributed by atoms with Crippen molar-refractivity contribution in [1.29, 1.82) is 0 Å². The van der Waals surface area contributed by atoms with Gasteiger partial charge in [0.05, 0.1) is 6.54 Å². The zero-order chi connectivity index (χ0) is 12.0. The number of urea groups is 1. The minimum Gasteiger partial charge on any atom is -0.336 e. The van der Waals surface area contributed by atoms with E-state index >= 15 is 0 Å². The Morgan fingerprint density at radius 2 is 2.38 bits per heavy atom. The molecule has 0 aromatic carbocycles. The van der Waals surface area contributed by atoms with Crippen LogP contribution in [0.2, 0.25) is 0 Å². The van der Waals surface area contributed by atoms with Crippen molar-refractivity contribution in [3.8, 4) is 0 Å². The van der Waals surface area contributed by atoms with Gasteiger partial charge in [0.25, 0.3) is 0 Å². The number of hydrogen-bond acceptors (Lipinski definition) is 4. The number of carbonyl (C=O) groups excluding carboxylic acids is 2. The fourth-order valence-corrected chi connectivity index (χ4v) is 1.63. The maximum Gasteiger partial charge on any atom is 0.324 e. The lowest BCUT2D eigenvalue weighted by Gasteiger charge is -2.19. The highest BCUT2D eigenvalue weighted by Gasteiger charge is 2.26. The van der Waals surface area contributed by atoms with Gasteiger partial charge in [-0.1, -0.05) is 0 Å². The van der Waals surface area contributed by atoms with Gasteiger partial charge in [-0.25, -0.2) is 4.79 Å². The number of rotatable bonds is 6. The van der Waals surface area contributed by atoms with Crippen molar-refractivity contribution in [2.75, 3.05) is 46.8 Å². The van der Waals surface area contributed by atoms with E-state index in [4.69, 9.17) is 0 Å². The molecule has 1 rings (SSSR count). The third-order valence-corrected chi connectivity index (χ3v) is 2.53. The summed E-state index contributed by atoms with van der Waals surface area (Å²) < 4.78 is 0. The average Bonchev–Trinajstić information content (AvgIpc) is 2.65. The van der Waals surface area contributed by atoms with Crippen LogP contribution in [-0.2, 0) is 4.79 Å². The van der Waals surface area contributed by atoms with Gasteiger partial charge in [0, 0.05) is 13.1 Å². The van der Waals surface area contributed by atoms with E-state index < -0.39 is 0 Å². The summed E-state index contributed by atoms with van der Waals surface area (Å²) in [5.74, 6) is -0.123. The van der Waals surface area contributed by atoms with Crippen LogP contribution in [0.25, 0.3) is 0 Å². The Bertz CT molecular complexity index is 257. The van der Waals surface area contributed by atoms with Crippen molar-refractivity contribution in [1.82, 2.24) is 20.4 Å². The Balaban J connectivity index is 2.25. The molecule has 6 nitrogen and oxygen atoms in total. The monoisotopic (exact) mass is 228 g/mol. The molecular weight excluding hydrogens is 208 g/mol. The topological polar surface area (TPSA) is 64.7 Å². The van der Waals surface area contributed by atoms with Crippen LogP contribution < -0.4 is 10.6 Å². The van der Waals surface area contributed by atoms with E-state index in [0.29, 0.717) is 19.6 Å². The first kappa shape index (κ1) is 12.9. The smallest absolute Gasteiger partial charge is 0.324 e. The Hall–Kier alpha value is -1.14. The van der Waals surface area contributed by atoms with Crippen molar-refractivity contribution in [3.63, 3.8) is 0 Å². The van der Waals surface area contributed by atoms with Gasteiger partial charge < -0.3 is 10.6 Å². The molecule has 1 heterocycles. The predicted molar refractivity (Wildman–Crippen MR) is 61.2 cm³/mol. The maximum atomic E-state index is 11.7. The van der Waals surface area contributed by atoms with Crippen LogP contribution in [0.15, 0.2) is 0 Å². The Kier molecular flexibility index (Phi) is 5.21. The van der Waals surface area contributed by atoms with E-state index in [1.54, 1.807) is 0 Å². The van der Waals surface area contributed by atoms with Gasteiger partial charge in [-0.15, -0.1) is 0 Å². The third kappa shape index (κ3) is 3.79. The van der Waals surface area contributed by atoms with Crippen LogP contribution in [0, 0.1) is 0 Å². The molecule has 1 fully saturated rings. The number of imide groups is 1. The summed E-state index contributed by atoms with van der Waals surface area (Å²) in [6.07, 6.45) is 0.993. The van der Waals surface area contributed by atoms with Gasteiger partial charge in [0.2, 0.25) is 5.91 Å². The molecule has 0 bridgehead atoms. The molecular formula is C10H20N4O2. The van der Waals surface area contributed by atoms with Gasteiger partial charge in [0.15, 0.2) is 0 Å². The Morgan fingerprint density at radius 3 is 2.94 bits per heavy atom. The Labute approximate surface area is 96.0 Å². The first-order valence-electron chi connectivity index (χ1n) is 5.56. The SMILES string of the molecule is CNCCCN(C)CC(=O)N1CCNC1=O. The molecule has 2 N–H and O–H groups in total. The summed E-state index contributed by atoms with van der Waals surface area (Å²) in [6, 6.07) is -0.270. The second-order valence-electron chi connectivity index (χ2n) is 3.97. The van der Waals surface area contributed by atoms with Crippen molar-refractivity contribution >= 4 is 11.9 Å². The molecule has 6 heteroatoms. The van der Waals surface area contributed by atoms with Gasteiger partial charge in [-0.05, 0) is 33.6 Å². The molecule has 92 valence electrons. The fourth-order valence-electron chi connectivity index (χ4n) is 1.63. The molecule has 1 aliphatic rings. The number of amides is 3. The molecule has 1 aliphatic heterocycles. The predicted octanol–water partition coefficient (Wildman–Crippen LogP) is -0.920. The molecule has 3 amide bonds. The third-order valence-electron chi connectivity index (χ3n) is 2.53. The highest BCUT2D eigenvalue weighted by Crippen LogP contribution is 1.99. The molecule has 0 atom stereocenters. The van der Waals surface area contributed by atoms with Gasteiger partial charge in [-0.3, -0.25) is 14.6 Å². The van der Waals surface area contributed by atoms with Crippen LogP contribution in [0.3, 0.4) is 0 Å². The van der Waals surface area contributed by atoms with Crippen LogP contribution in [0.4, 0.5) is 4.79 Å². The number of carbonyl (C=O) groups is 2. The zero-order valence-corrected chi connectivity index (χ0v) is 9.95. The van der Waals surface area contributed by atoms with E-state index in [-0.39, 0.29) is 11.9 Å². The van der Waals surface area contributed by atoms with Crippen molar-refractivity contribution < 1.29 is 9.59 Å². The first-order valence-corrected chi connectivity index (χ1v) is 5.56. The van der Waals surface area contributed by atoms with E-state index in [9.17, 15) is 9.59 Å². The number of likely N-dealkylation sites (N-methyl/N-ethyl adjacent to an activating group) is 1. The van der Waals surface area contributed by atoms with E-state index in [0.717, 1.165) is 19.5 Å². The van der Waals surface area contributed by atoms with Crippen molar-refractivity contribution in [2.24, 2.45) is 0 Å². The lowest BCUT2D eigenvalue weighted by Crippen LogP contribution is -2.41. The molecule has 1 saturated heterocycles. The minimum absolute atomic E-state index is 0.123. The molecule has 0 radical (unpaired) electrons.